The Labute approximate surface area is 135 Å². The van der Waals surface area contributed by atoms with Crippen molar-refractivity contribution >= 4 is 28.4 Å². The largest absolute Gasteiger partial charge is 0.311 e. The molecule has 0 amide bonds. The van der Waals surface area contributed by atoms with Gasteiger partial charge in [0.05, 0.1) is 13.1 Å². The first kappa shape index (κ1) is 14.4. The van der Waals surface area contributed by atoms with Crippen molar-refractivity contribution in [1.82, 2.24) is 0 Å². The lowest BCUT2D eigenvalue weighted by Gasteiger charge is -2.25. The molecule has 0 aliphatic rings. The van der Waals surface area contributed by atoms with Gasteiger partial charge in [0.25, 0.3) is 0 Å². The quantitative estimate of drug-likeness (QED) is 0.519. The average Bonchev–Trinajstić information content (AvgIpc) is 2.64. The van der Waals surface area contributed by atoms with Crippen LogP contribution in [0.15, 0.2) is 78.9 Å². The third-order valence-electron chi connectivity index (χ3n) is 3.49. The van der Waals surface area contributed by atoms with Crippen LogP contribution in [-0.4, -0.2) is 0 Å². The molecule has 0 fully saturated rings. The van der Waals surface area contributed by atoms with Gasteiger partial charge in [-0.25, -0.2) is 9.69 Å². The zero-order chi connectivity index (χ0) is 16.1. The van der Waals surface area contributed by atoms with E-state index in [4.69, 9.17) is 13.1 Å². The fourth-order valence-electron chi connectivity index (χ4n) is 2.38. The summed E-state index contributed by atoms with van der Waals surface area (Å²) < 4.78 is 0. The van der Waals surface area contributed by atoms with Crippen LogP contribution < -0.4 is 4.90 Å². The van der Waals surface area contributed by atoms with E-state index >= 15 is 0 Å². The van der Waals surface area contributed by atoms with Gasteiger partial charge in [-0.1, -0.05) is 42.5 Å². The first-order valence-electron chi connectivity index (χ1n) is 7.12. The molecule has 0 aliphatic heterocycles. The summed E-state index contributed by atoms with van der Waals surface area (Å²) in [5, 5.41) is 0. The molecule has 108 valence electrons. The van der Waals surface area contributed by atoms with Gasteiger partial charge in [-0.3, -0.25) is 0 Å². The van der Waals surface area contributed by atoms with Gasteiger partial charge in [0, 0.05) is 17.1 Å². The zero-order valence-corrected chi connectivity index (χ0v) is 12.3. The molecule has 0 saturated heterocycles. The highest BCUT2D eigenvalue weighted by atomic mass is 15.1. The number of rotatable bonds is 3. The van der Waals surface area contributed by atoms with Crippen molar-refractivity contribution in [1.29, 1.82) is 0 Å². The second-order valence-electron chi connectivity index (χ2n) is 4.93. The van der Waals surface area contributed by atoms with Crippen LogP contribution >= 0.6 is 0 Å². The lowest BCUT2D eigenvalue weighted by Crippen LogP contribution is -2.09. The highest BCUT2D eigenvalue weighted by molar-refractivity contribution is 5.78. The second-order valence-corrected chi connectivity index (χ2v) is 4.93. The summed E-state index contributed by atoms with van der Waals surface area (Å²) >= 11 is 0. The molecular formula is C20H13N3. The van der Waals surface area contributed by atoms with Crippen LogP contribution in [-0.2, 0) is 0 Å². The molecule has 3 heteroatoms. The first-order chi connectivity index (χ1) is 11.3. The molecule has 0 unspecified atom stereocenters. The third-order valence-corrected chi connectivity index (χ3v) is 3.49. The normalized spacial score (nSPS) is 9.65. The molecule has 0 N–H and O–H groups in total. The lowest BCUT2D eigenvalue weighted by atomic mass is 10.2. The lowest BCUT2D eigenvalue weighted by molar-refractivity contribution is 1.29. The highest BCUT2D eigenvalue weighted by Crippen LogP contribution is 2.35. The van der Waals surface area contributed by atoms with Crippen molar-refractivity contribution in [3.8, 4) is 0 Å². The molecule has 0 heterocycles. The van der Waals surface area contributed by atoms with Gasteiger partial charge < -0.3 is 4.90 Å². The monoisotopic (exact) mass is 295 g/mol. The fraction of sp³-hybridized carbons (Fsp3) is 0. The highest BCUT2D eigenvalue weighted by Gasteiger charge is 2.11. The molecule has 3 rings (SSSR count). The smallest absolute Gasteiger partial charge is 0.187 e. The summed E-state index contributed by atoms with van der Waals surface area (Å²) in [6.45, 7) is 14.2. The van der Waals surface area contributed by atoms with Crippen molar-refractivity contribution in [2.45, 2.75) is 0 Å². The summed E-state index contributed by atoms with van der Waals surface area (Å²) in [6.07, 6.45) is 0. The van der Waals surface area contributed by atoms with Gasteiger partial charge in [0.2, 0.25) is 0 Å². The maximum Gasteiger partial charge on any atom is 0.187 e. The molecule has 0 aromatic heterocycles. The van der Waals surface area contributed by atoms with E-state index < -0.39 is 0 Å². The Balaban J connectivity index is 2.09. The fourth-order valence-corrected chi connectivity index (χ4v) is 2.38. The number of para-hydroxylation sites is 1. The Hall–Kier alpha value is -3.56. The Bertz CT molecular complexity index is 810. The second kappa shape index (κ2) is 6.47. The predicted molar refractivity (Wildman–Crippen MR) is 93.6 cm³/mol. The molecule has 0 spiro atoms. The van der Waals surface area contributed by atoms with E-state index in [0.29, 0.717) is 11.4 Å². The molecule has 3 aromatic rings. The average molecular weight is 295 g/mol. The number of hydrogen-bond acceptors (Lipinski definition) is 1. The van der Waals surface area contributed by atoms with E-state index in [2.05, 4.69) is 14.6 Å². The minimum absolute atomic E-state index is 0.616. The van der Waals surface area contributed by atoms with Crippen LogP contribution in [0.5, 0.6) is 0 Å². The Morgan fingerprint density at radius 1 is 0.522 bits per heavy atom. The van der Waals surface area contributed by atoms with Gasteiger partial charge in [-0.15, -0.1) is 0 Å². The third kappa shape index (κ3) is 3.05. The molecule has 0 radical (unpaired) electrons. The topological polar surface area (TPSA) is 12.0 Å². The molecular weight excluding hydrogens is 282 g/mol. The van der Waals surface area contributed by atoms with Gasteiger partial charge in [-0.2, -0.15) is 0 Å². The van der Waals surface area contributed by atoms with Gasteiger partial charge >= 0.3 is 0 Å². The van der Waals surface area contributed by atoms with Crippen molar-refractivity contribution in [2.75, 3.05) is 4.90 Å². The Morgan fingerprint density at radius 2 is 0.913 bits per heavy atom. The summed E-state index contributed by atoms with van der Waals surface area (Å²) in [6, 6.07) is 25.0. The van der Waals surface area contributed by atoms with Crippen LogP contribution in [0.25, 0.3) is 9.69 Å². The van der Waals surface area contributed by atoms with E-state index in [0.717, 1.165) is 17.1 Å². The van der Waals surface area contributed by atoms with E-state index in [-0.39, 0.29) is 0 Å². The van der Waals surface area contributed by atoms with E-state index in [1.165, 1.54) is 0 Å². The van der Waals surface area contributed by atoms with E-state index in [9.17, 15) is 0 Å². The number of benzene rings is 3. The van der Waals surface area contributed by atoms with E-state index in [1.807, 2.05) is 78.9 Å². The van der Waals surface area contributed by atoms with Gasteiger partial charge in [-0.05, 0) is 36.4 Å². The van der Waals surface area contributed by atoms with Crippen molar-refractivity contribution in [3.63, 3.8) is 0 Å². The maximum absolute atomic E-state index is 7.08. The Kier molecular flexibility index (Phi) is 4.05. The summed E-state index contributed by atoms with van der Waals surface area (Å²) in [5.74, 6) is 0. The molecule has 0 aliphatic carbocycles. The summed E-state index contributed by atoms with van der Waals surface area (Å²) in [4.78, 5) is 8.97. The molecule has 23 heavy (non-hydrogen) atoms. The SMILES string of the molecule is [C-]#[N+]c1ccc(N(c2ccccc2)c2ccc([N+]#[C-])cc2)cc1. The minimum atomic E-state index is 0.616. The predicted octanol–water partition coefficient (Wildman–Crippen LogP) is 6.26. The molecule has 3 aromatic carbocycles. The molecule has 3 nitrogen and oxygen atoms in total. The maximum atomic E-state index is 7.08. The standard InChI is InChI=1S/C20H13N3/c1-21-16-8-12-19(13-9-16)23(18-6-4-3-5-7-18)20-14-10-17(22-2)11-15-20/h3-15H. The van der Waals surface area contributed by atoms with Crippen LogP contribution in [0.4, 0.5) is 28.4 Å². The molecule has 0 bridgehead atoms. The van der Waals surface area contributed by atoms with Gasteiger partial charge in [0.15, 0.2) is 11.4 Å². The van der Waals surface area contributed by atoms with Crippen molar-refractivity contribution in [2.24, 2.45) is 0 Å². The van der Waals surface area contributed by atoms with Crippen LogP contribution in [0.2, 0.25) is 0 Å². The minimum Gasteiger partial charge on any atom is -0.311 e. The molecule has 0 atom stereocenters. The molecule has 0 saturated carbocycles. The van der Waals surface area contributed by atoms with Crippen LogP contribution in [0.3, 0.4) is 0 Å². The van der Waals surface area contributed by atoms with Crippen LogP contribution in [0, 0.1) is 13.1 Å². The van der Waals surface area contributed by atoms with E-state index in [1.54, 1.807) is 0 Å². The number of anilines is 3. The summed E-state index contributed by atoms with van der Waals surface area (Å²) in [5.41, 5.74) is 4.20. The first-order valence-corrected chi connectivity index (χ1v) is 7.12. The number of nitrogens with zero attached hydrogens (tertiary/aromatic N) is 3. The zero-order valence-electron chi connectivity index (χ0n) is 12.3. The number of hydrogen-bond donors (Lipinski definition) is 0. The van der Waals surface area contributed by atoms with Gasteiger partial charge in [0.1, 0.15) is 0 Å². The van der Waals surface area contributed by atoms with Crippen molar-refractivity contribution in [3.05, 3.63) is 102 Å². The Morgan fingerprint density at radius 3 is 1.30 bits per heavy atom. The van der Waals surface area contributed by atoms with Crippen LogP contribution in [0.1, 0.15) is 0 Å². The van der Waals surface area contributed by atoms with Crippen molar-refractivity contribution < 1.29 is 0 Å². The summed E-state index contributed by atoms with van der Waals surface area (Å²) in [7, 11) is 0.